The summed E-state index contributed by atoms with van der Waals surface area (Å²) in [5.41, 5.74) is 1.84. The molecule has 0 bridgehead atoms. The third kappa shape index (κ3) is 16.9. The first kappa shape index (κ1) is 38.6. The average Bonchev–Trinajstić information content (AvgIpc) is 2.93. The molecule has 0 aliphatic carbocycles. The topological polar surface area (TPSA) is 57.2 Å². The standard InChI is InChI=1S/C36H60O3S.Na/c1-3-5-7-9-11-13-15-17-19-21-23-25-32-27-28-33-29-30-34(36(35(33)31-32)40(37,38)39)26-24-22-20-18-16-14-12-10-8-6-4-2;/h27-31H,3-26H2,1-2H3,(H,37,38,39);/q;+1/p-1. The Balaban J connectivity index is 0.00000840. The van der Waals surface area contributed by atoms with Crippen molar-refractivity contribution in [2.75, 3.05) is 0 Å². The van der Waals surface area contributed by atoms with E-state index in [0.29, 0.717) is 17.4 Å². The van der Waals surface area contributed by atoms with Gasteiger partial charge in [-0.2, -0.15) is 0 Å². The van der Waals surface area contributed by atoms with Gasteiger partial charge in [-0.05, 0) is 53.6 Å². The van der Waals surface area contributed by atoms with Crippen molar-refractivity contribution in [2.24, 2.45) is 0 Å². The van der Waals surface area contributed by atoms with Crippen LogP contribution in [-0.4, -0.2) is 13.0 Å². The van der Waals surface area contributed by atoms with Crippen molar-refractivity contribution in [2.45, 2.75) is 173 Å². The number of hydrogen-bond donors (Lipinski definition) is 0. The van der Waals surface area contributed by atoms with Gasteiger partial charge in [0.05, 0.1) is 4.90 Å². The third-order valence-electron chi connectivity index (χ3n) is 8.49. The van der Waals surface area contributed by atoms with Crippen molar-refractivity contribution in [3.63, 3.8) is 0 Å². The smallest absolute Gasteiger partial charge is 0.744 e. The summed E-state index contributed by atoms with van der Waals surface area (Å²) in [5, 5.41) is 1.47. The molecule has 5 heteroatoms. The van der Waals surface area contributed by atoms with Gasteiger partial charge in [0.15, 0.2) is 0 Å². The van der Waals surface area contributed by atoms with Gasteiger partial charge in [0.1, 0.15) is 10.1 Å². The van der Waals surface area contributed by atoms with Gasteiger partial charge in [-0.25, -0.2) is 8.42 Å². The number of fused-ring (bicyclic) bond motifs is 1. The molecule has 41 heavy (non-hydrogen) atoms. The minimum Gasteiger partial charge on any atom is -0.744 e. The molecule has 2 aromatic carbocycles. The molecule has 0 saturated carbocycles. The minimum absolute atomic E-state index is 0. The van der Waals surface area contributed by atoms with E-state index in [-0.39, 0.29) is 34.5 Å². The Morgan fingerprint density at radius 2 is 0.927 bits per heavy atom. The summed E-state index contributed by atoms with van der Waals surface area (Å²) in [5.74, 6) is 0. The zero-order valence-electron chi connectivity index (χ0n) is 27.0. The maximum Gasteiger partial charge on any atom is 1.00 e. The Morgan fingerprint density at radius 3 is 1.37 bits per heavy atom. The van der Waals surface area contributed by atoms with Crippen LogP contribution in [0, 0.1) is 0 Å². The second-order valence-corrected chi connectivity index (χ2v) is 13.5. The summed E-state index contributed by atoms with van der Waals surface area (Å²) in [6.07, 6.45) is 29.9. The van der Waals surface area contributed by atoms with Crippen molar-refractivity contribution in [3.8, 4) is 0 Å². The first-order valence-electron chi connectivity index (χ1n) is 17.0. The molecule has 228 valence electrons. The summed E-state index contributed by atoms with van der Waals surface area (Å²) in [6.45, 7) is 4.52. The van der Waals surface area contributed by atoms with Crippen LogP contribution in [0.5, 0.6) is 0 Å². The van der Waals surface area contributed by atoms with E-state index < -0.39 is 10.1 Å². The molecule has 0 amide bonds. The predicted molar refractivity (Wildman–Crippen MR) is 172 cm³/mol. The molecule has 0 spiro atoms. The van der Waals surface area contributed by atoms with Crippen LogP contribution in [0.4, 0.5) is 0 Å². The number of rotatable bonds is 25. The van der Waals surface area contributed by atoms with Crippen molar-refractivity contribution in [1.82, 2.24) is 0 Å². The first-order valence-corrected chi connectivity index (χ1v) is 18.4. The molecular formula is C36H59NaO3S. The molecule has 0 aromatic heterocycles. The van der Waals surface area contributed by atoms with Crippen LogP contribution in [0.2, 0.25) is 0 Å². The van der Waals surface area contributed by atoms with Gasteiger partial charge in [-0.3, -0.25) is 0 Å². The molecular weight excluding hydrogens is 535 g/mol. The molecule has 0 atom stereocenters. The monoisotopic (exact) mass is 594 g/mol. The predicted octanol–water partition coefficient (Wildman–Crippen LogP) is 8.45. The van der Waals surface area contributed by atoms with Crippen molar-refractivity contribution >= 4 is 20.9 Å². The Bertz CT molecular complexity index is 1030. The molecule has 0 aliphatic heterocycles. The first-order chi connectivity index (χ1) is 19.5. The Morgan fingerprint density at radius 1 is 0.537 bits per heavy atom. The zero-order chi connectivity index (χ0) is 28.9. The van der Waals surface area contributed by atoms with Gasteiger partial charge in [0.2, 0.25) is 0 Å². The summed E-state index contributed by atoms with van der Waals surface area (Å²) >= 11 is 0. The fraction of sp³-hybridized carbons (Fsp3) is 0.722. The third-order valence-corrected chi connectivity index (χ3v) is 9.47. The molecule has 0 heterocycles. The van der Waals surface area contributed by atoms with Gasteiger partial charge in [-0.15, -0.1) is 0 Å². The second kappa shape index (κ2) is 24.0. The van der Waals surface area contributed by atoms with Gasteiger partial charge >= 0.3 is 29.6 Å². The normalized spacial score (nSPS) is 11.7. The quantitative estimate of drug-likeness (QED) is 0.0658. The van der Waals surface area contributed by atoms with Crippen molar-refractivity contribution in [1.29, 1.82) is 0 Å². The van der Waals surface area contributed by atoms with E-state index in [1.807, 2.05) is 24.3 Å². The number of unbranched alkanes of at least 4 members (excludes halogenated alkanes) is 20. The molecule has 0 fully saturated rings. The number of benzene rings is 2. The van der Waals surface area contributed by atoms with Crippen LogP contribution in [-0.2, 0) is 23.0 Å². The fourth-order valence-corrected chi connectivity index (χ4v) is 6.94. The number of aryl methyl sites for hydroxylation is 2. The summed E-state index contributed by atoms with van der Waals surface area (Å²) < 4.78 is 37.2. The van der Waals surface area contributed by atoms with Crippen LogP contribution >= 0.6 is 0 Å². The van der Waals surface area contributed by atoms with Gasteiger partial charge in [-0.1, -0.05) is 167 Å². The van der Waals surface area contributed by atoms with E-state index in [4.69, 9.17) is 0 Å². The summed E-state index contributed by atoms with van der Waals surface area (Å²) in [7, 11) is -4.54. The van der Waals surface area contributed by atoms with Crippen molar-refractivity contribution < 1.29 is 42.5 Å². The largest absolute Gasteiger partial charge is 1.00 e. The van der Waals surface area contributed by atoms with E-state index in [0.717, 1.165) is 36.6 Å². The van der Waals surface area contributed by atoms with Crippen LogP contribution in [0.15, 0.2) is 35.2 Å². The summed E-state index contributed by atoms with van der Waals surface area (Å²) in [4.78, 5) is 0.0258. The van der Waals surface area contributed by atoms with E-state index in [1.54, 1.807) is 0 Å². The molecule has 0 radical (unpaired) electrons. The summed E-state index contributed by atoms with van der Waals surface area (Å²) in [6, 6.07) is 9.92. The average molecular weight is 595 g/mol. The number of hydrogen-bond acceptors (Lipinski definition) is 3. The fourth-order valence-electron chi connectivity index (χ4n) is 6.01. The molecule has 2 aromatic rings. The maximum absolute atomic E-state index is 12.4. The van der Waals surface area contributed by atoms with E-state index >= 15 is 0 Å². The zero-order valence-corrected chi connectivity index (χ0v) is 29.8. The minimum atomic E-state index is -4.54. The van der Waals surface area contributed by atoms with E-state index in [9.17, 15) is 13.0 Å². The van der Waals surface area contributed by atoms with Crippen LogP contribution in [0.25, 0.3) is 10.8 Å². The second-order valence-electron chi connectivity index (χ2n) is 12.1. The van der Waals surface area contributed by atoms with E-state index in [2.05, 4.69) is 19.9 Å². The SMILES string of the molecule is CCCCCCCCCCCCCc1ccc2ccc(CCCCCCCCCCCCC)c(S(=O)(=O)[O-])c2c1.[Na+]. The Labute approximate surface area is 276 Å². The van der Waals surface area contributed by atoms with Crippen LogP contribution in [0.3, 0.4) is 0 Å². The molecule has 3 nitrogen and oxygen atoms in total. The maximum atomic E-state index is 12.4. The molecule has 0 unspecified atom stereocenters. The molecule has 2 rings (SSSR count). The molecule has 0 saturated heterocycles. The van der Waals surface area contributed by atoms with Gasteiger partial charge < -0.3 is 4.55 Å². The van der Waals surface area contributed by atoms with Gasteiger partial charge in [0.25, 0.3) is 0 Å². The van der Waals surface area contributed by atoms with Crippen LogP contribution < -0.4 is 29.6 Å². The van der Waals surface area contributed by atoms with Crippen LogP contribution in [0.1, 0.15) is 166 Å². The Hall–Kier alpha value is -0.390. The van der Waals surface area contributed by atoms with E-state index in [1.165, 1.54) is 122 Å². The van der Waals surface area contributed by atoms with Crippen molar-refractivity contribution in [3.05, 3.63) is 41.5 Å². The molecule has 0 aliphatic rings. The molecule has 0 N–H and O–H groups in total. The Kier molecular flexibility index (Phi) is 22.6. The van der Waals surface area contributed by atoms with Gasteiger partial charge in [0, 0.05) is 0 Å².